The fourth-order valence-corrected chi connectivity index (χ4v) is 3.26. The van der Waals surface area contributed by atoms with Gasteiger partial charge in [-0.05, 0) is 30.7 Å². The number of nitro benzene ring substituents is 1. The highest BCUT2D eigenvalue weighted by Gasteiger charge is 2.45. The number of aryl methyl sites for hydroxylation is 1. The van der Waals surface area contributed by atoms with Crippen molar-refractivity contribution in [2.24, 2.45) is 0 Å². The lowest BCUT2D eigenvalue weighted by Gasteiger charge is -2.39. The number of benzene rings is 2. The minimum absolute atomic E-state index is 0.0477. The molecule has 3 rings (SSSR count). The number of amides is 1. The molecule has 1 saturated heterocycles. The van der Waals surface area contributed by atoms with E-state index in [1.54, 1.807) is 25.1 Å². The van der Waals surface area contributed by atoms with Crippen molar-refractivity contribution in [2.75, 3.05) is 11.9 Å². The Hall–Kier alpha value is -3.29. The van der Waals surface area contributed by atoms with Gasteiger partial charge in [0.1, 0.15) is 30.2 Å². The summed E-state index contributed by atoms with van der Waals surface area (Å²) in [5.41, 5.74) is 0.209. The van der Waals surface area contributed by atoms with Crippen LogP contribution in [-0.4, -0.2) is 68.6 Å². The zero-order valence-corrected chi connectivity index (χ0v) is 17.7. The minimum Gasteiger partial charge on any atom is -0.461 e. The summed E-state index contributed by atoms with van der Waals surface area (Å²) in [7, 11) is 0. The van der Waals surface area contributed by atoms with E-state index in [1.165, 1.54) is 19.1 Å². The molecule has 2 aromatic carbocycles. The molecule has 0 spiro atoms. The van der Waals surface area contributed by atoms with Crippen molar-refractivity contribution in [3.63, 3.8) is 0 Å². The number of anilines is 1. The van der Waals surface area contributed by atoms with Gasteiger partial charge in [0, 0.05) is 6.92 Å². The first-order valence-corrected chi connectivity index (χ1v) is 9.93. The van der Waals surface area contributed by atoms with E-state index in [-0.39, 0.29) is 23.2 Å². The number of ether oxygens (including phenoxy) is 3. The number of para-hydroxylation sites is 2. The Bertz CT molecular complexity index is 1030. The first kappa shape index (κ1) is 24.4. The number of hydrogen-bond donors (Lipinski definition) is 5. The molecule has 5 atom stereocenters. The van der Waals surface area contributed by atoms with Crippen molar-refractivity contribution < 1.29 is 44.4 Å². The molecule has 0 saturated carbocycles. The second-order valence-corrected chi connectivity index (χ2v) is 7.44. The lowest BCUT2D eigenvalue weighted by Crippen LogP contribution is -2.60. The van der Waals surface area contributed by atoms with Crippen molar-refractivity contribution in [3.05, 3.63) is 52.1 Å². The Morgan fingerprint density at radius 2 is 1.82 bits per heavy atom. The number of rotatable bonds is 7. The summed E-state index contributed by atoms with van der Waals surface area (Å²) < 4.78 is 16.6. The third kappa shape index (κ3) is 5.38. The average Bonchev–Trinajstić information content (AvgIpc) is 2.76. The first-order chi connectivity index (χ1) is 15.6. The third-order valence-corrected chi connectivity index (χ3v) is 4.96. The summed E-state index contributed by atoms with van der Waals surface area (Å²) in [6, 6.07) is 8.80. The van der Waals surface area contributed by atoms with E-state index in [2.05, 4.69) is 5.32 Å². The zero-order valence-electron chi connectivity index (χ0n) is 17.7. The maximum absolute atomic E-state index is 11.7. The number of carbonyl (C=O) groups is 1. The van der Waals surface area contributed by atoms with Gasteiger partial charge < -0.3 is 40.0 Å². The minimum atomic E-state index is -1.68. The van der Waals surface area contributed by atoms with Gasteiger partial charge >= 0.3 is 5.69 Å². The van der Waals surface area contributed by atoms with E-state index in [9.17, 15) is 35.3 Å². The van der Waals surface area contributed by atoms with Crippen LogP contribution in [-0.2, 0) is 9.53 Å². The molecule has 1 aliphatic heterocycles. The normalized spacial score (nSPS) is 24.7. The quantitative estimate of drug-likeness (QED) is 0.291. The van der Waals surface area contributed by atoms with Crippen molar-refractivity contribution >= 4 is 17.3 Å². The standard InChI is InChI=1S/C21H24N2O10/c1-10-7-16(31-14-6-4-3-5-12(14)22-11(2)25)13(23(29)30)8-15(10)32-21-20(28)19(27)18(26)17(9-24)33-21/h3-8,17-21,24,26-28H,9H2,1-2H3,(H,22,25). The molecule has 1 amide bonds. The van der Waals surface area contributed by atoms with E-state index in [0.29, 0.717) is 11.3 Å². The maximum atomic E-state index is 11.7. The van der Waals surface area contributed by atoms with Crippen LogP contribution in [0.2, 0.25) is 0 Å². The highest BCUT2D eigenvalue weighted by atomic mass is 16.7. The zero-order chi connectivity index (χ0) is 24.3. The van der Waals surface area contributed by atoms with Crippen LogP contribution in [0, 0.1) is 17.0 Å². The number of aliphatic hydroxyl groups excluding tert-OH is 4. The molecule has 5 N–H and O–H groups in total. The van der Waals surface area contributed by atoms with Crippen LogP contribution in [0.1, 0.15) is 12.5 Å². The fourth-order valence-electron chi connectivity index (χ4n) is 3.26. The Labute approximate surface area is 188 Å². The van der Waals surface area contributed by atoms with Crippen LogP contribution in [0.25, 0.3) is 0 Å². The lowest BCUT2D eigenvalue weighted by molar-refractivity contribution is -0.385. The predicted octanol–water partition coefficient (Wildman–Crippen LogP) is 0.833. The van der Waals surface area contributed by atoms with Gasteiger partial charge in [-0.1, -0.05) is 12.1 Å². The molecule has 178 valence electrons. The van der Waals surface area contributed by atoms with Crippen LogP contribution in [0.3, 0.4) is 0 Å². The fraction of sp³-hybridized carbons (Fsp3) is 0.381. The van der Waals surface area contributed by atoms with E-state index in [1.807, 2.05) is 0 Å². The van der Waals surface area contributed by atoms with Crippen LogP contribution >= 0.6 is 0 Å². The lowest BCUT2D eigenvalue weighted by atomic mass is 9.99. The van der Waals surface area contributed by atoms with Gasteiger partial charge in [0.2, 0.25) is 17.9 Å². The molecule has 0 radical (unpaired) electrons. The largest absolute Gasteiger partial charge is 0.461 e. The van der Waals surface area contributed by atoms with Gasteiger partial charge in [0.25, 0.3) is 0 Å². The third-order valence-electron chi connectivity index (χ3n) is 4.96. The van der Waals surface area contributed by atoms with Crippen LogP contribution in [0.4, 0.5) is 11.4 Å². The second kappa shape index (κ2) is 10.1. The maximum Gasteiger partial charge on any atom is 0.315 e. The Balaban J connectivity index is 1.91. The molecule has 12 nitrogen and oxygen atoms in total. The first-order valence-electron chi connectivity index (χ1n) is 9.93. The highest BCUT2D eigenvalue weighted by molar-refractivity contribution is 5.90. The highest BCUT2D eigenvalue weighted by Crippen LogP contribution is 2.40. The van der Waals surface area contributed by atoms with Crippen LogP contribution in [0.5, 0.6) is 17.2 Å². The predicted molar refractivity (Wildman–Crippen MR) is 113 cm³/mol. The number of nitro groups is 1. The summed E-state index contributed by atoms with van der Waals surface area (Å²) >= 11 is 0. The van der Waals surface area contributed by atoms with E-state index in [4.69, 9.17) is 14.2 Å². The summed E-state index contributed by atoms with van der Waals surface area (Å²) in [5.74, 6) is -0.345. The number of hydrogen-bond acceptors (Lipinski definition) is 10. The molecule has 0 bridgehead atoms. The van der Waals surface area contributed by atoms with Gasteiger partial charge in [-0.15, -0.1) is 0 Å². The van der Waals surface area contributed by atoms with E-state index >= 15 is 0 Å². The monoisotopic (exact) mass is 464 g/mol. The van der Waals surface area contributed by atoms with Gasteiger partial charge in [0.05, 0.1) is 23.3 Å². The molecular formula is C21H24N2O10. The second-order valence-electron chi connectivity index (χ2n) is 7.44. The number of carbonyl (C=O) groups excluding carboxylic acids is 1. The van der Waals surface area contributed by atoms with Gasteiger partial charge in [-0.3, -0.25) is 14.9 Å². The molecule has 0 aromatic heterocycles. The molecule has 0 aliphatic carbocycles. The molecular weight excluding hydrogens is 440 g/mol. The van der Waals surface area contributed by atoms with Crippen molar-refractivity contribution in [1.29, 1.82) is 0 Å². The summed E-state index contributed by atoms with van der Waals surface area (Å²) in [4.78, 5) is 22.4. The van der Waals surface area contributed by atoms with Crippen LogP contribution < -0.4 is 14.8 Å². The van der Waals surface area contributed by atoms with Crippen LogP contribution in [0.15, 0.2) is 36.4 Å². The molecule has 5 unspecified atom stereocenters. The Kier molecular flexibility index (Phi) is 7.46. The Morgan fingerprint density at radius 3 is 2.45 bits per heavy atom. The number of nitrogens with zero attached hydrogens (tertiary/aromatic N) is 1. The van der Waals surface area contributed by atoms with Gasteiger partial charge in [0.15, 0.2) is 5.75 Å². The topological polar surface area (TPSA) is 181 Å². The molecule has 1 heterocycles. The summed E-state index contributed by atoms with van der Waals surface area (Å²) in [6.07, 6.45) is -7.62. The summed E-state index contributed by atoms with van der Waals surface area (Å²) in [5, 5.41) is 53.6. The summed E-state index contributed by atoms with van der Waals surface area (Å²) in [6.45, 7) is 2.23. The van der Waals surface area contributed by atoms with E-state index < -0.39 is 47.9 Å². The smallest absolute Gasteiger partial charge is 0.315 e. The van der Waals surface area contributed by atoms with Crippen molar-refractivity contribution in [3.8, 4) is 17.2 Å². The van der Waals surface area contributed by atoms with E-state index in [0.717, 1.165) is 6.07 Å². The Morgan fingerprint density at radius 1 is 1.12 bits per heavy atom. The number of aliphatic hydroxyl groups is 4. The van der Waals surface area contributed by atoms with Crippen molar-refractivity contribution in [1.82, 2.24) is 0 Å². The van der Waals surface area contributed by atoms with Gasteiger partial charge in [-0.2, -0.15) is 0 Å². The molecule has 33 heavy (non-hydrogen) atoms. The average molecular weight is 464 g/mol. The SMILES string of the molecule is CC(=O)Nc1ccccc1Oc1cc(C)c(OC2OC(CO)C(O)C(O)C2O)cc1[N+](=O)[O-]. The molecule has 1 fully saturated rings. The van der Waals surface area contributed by atoms with Crippen molar-refractivity contribution in [2.45, 2.75) is 44.6 Å². The molecule has 1 aliphatic rings. The molecule has 2 aromatic rings. The van der Waals surface area contributed by atoms with Gasteiger partial charge in [-0.25, -0.2) is 0 Å². The number of nitrogens with one attached hydrogen (secondary N) is 1. The molecule has 12 heteroatoms.